The zero-order chi connectivity index (χ0) is 34.6. The predicted octanol–water partition coefficient (Wildman–Crippen LogP) is 13.1. The summed E-state index contributed by atoms with van der Waals surface area (Å²) >= 11 is 0. The van der Waals surface area contributed by atoms with Gasteiger partial charge in [-0.05, 0) is 82.6 Å². The number of para-hydroxylation sites is 3. The van der Waals surface area contributed by atoms with E-state index in [0.29, 0.717) is 0 Å². The van der Waals surface area contributed by atoms with E-state index in [9.17, 15) is 0 Å². The smallest absolute Gasteiger partial charge is 0.145 e. The predicted molar refractivity (Wildman–Crippen MR) is 221 cm³/mol. The fraction of sp³-hybridized carbons (Fsp3) is 0. The molecule has 4 heterocycles. The van der Waals surface area contributed by atoms with E-state index in [1.54, 1.807) is 0 Å². The molecule has 0 unspecified atom stereocenters. The van der Waals surface area contributed by atoms with Crippen molar-refractivity contribution in [2.45, 2.75) is 0 Å². The van der Waals surface area contributed by atoms with Crippen LogP contribution >= 0.6 is 0 Å². The van der Waals surface area contributed by atoms with Gasteiger partial charge in [0, 0.05) is 38.0 Å². The molecule has 4 heteroatoms. The van der Waals surface area contributed by atoms with Crippen molar-refractivity contribution in [3.05, 3.63) is 176 Å². The lowest BCUT2D eigenvalue weighted by Crippen LogP contribution is -2.00. The van der Waals surface area contributed by atoms with Crippen molar-refractivity contribution in [3.8, 4) is 22.6 Å². The van der Waals surface area contributed by atoms with Crippen LogP contribution in [0.2, 0.25) is 0 Å². The molecule has 0 radical (unpaired) electrons. The molecule has 4 nitrogen and oxygen atoms in total. The van der Waals surface area contributed by atoms with E-state index in [1.807, 2.05) is 6.07 Å². The fourth-order valence-electron chi connectivity index (χ4n) is 8.80. The Morgan fingerprint density at radius 1 is 0.415 bits per heavy atom. The zero-order valence-electron chi connectivity index (χ0n) is 28.5. The minimum atomic E-state index is 0.888. The molecule has 12 aromatic rings. The van der Waals surface area contributed by atoms with E-state index in [2.05, 4.69) is 179 Å². The van der Waals surface area contributed by atoms with Gasteiger partial charge in [-0.25, -0.2) is 4.98 Å². The highest BCUT2D eigenvalue weighted by atomic mass is 16.3. The molecule has 0 aliphatic rings. The highest BCUT2D eigenvalue weighted by molar-refractivity contribution is 6.29. The standard InChI is InChI=1S/C49H29N3O/c1-3-13-30(14-4-1)37-28-46(50-40-21-11-9-19-34(37)40)52-41-25-23-31-15-7-8-18-33(31)47(41)38-27-39-43(29-44(38)52)51(32-16-5-2-6-17-32)42-26-24-36-35-20-10-12-22-45(35)53-49(36)48(39)42/h1-29H. The molecule has 53 heavy (non-hydrogen) atoms. The maximum Gasteiger partial charge on any atom is 0.145 e. The molecule has 0 aliphatic heterocycles. The van der Waals surface area contributed by atoms with Gasteiger partial charge in [-0.15, -0.1) is 0 Å². The molecule has 0 fully saturated rings. The topological polar surface area (TPSA) is 35.9 Å². The van der Waals surface area contributed by atoms with E-state index >= 15 is 0 Å². The van der Waals surface area contributed by atoms with Crippen LogP contribution in [0.25, 0.3) is 110 Å². The van der Waals surface area contributed by atoms with Crippen LogP contribution in [0, 0.1) is 0 Å². The second kappa shape index (κ2) is 10.7. The molecule has 0 amide bonds. The summed E-state index contributed by atoms with van der Waals surface area (Å²) < 4.78 is 11.5. The molecule has 4 aromatic heterocycles. The lowest BCUT2D eigenvalue weighted by atomic mass is 10.0. The van der Waals surface area contributed by atoms with Crippen LogP contribution in [0.5, 0.6) is 0 Å². The molecule has 0 N–H and O–H groups in total. The maximum atomic E-state index is 6.73. The third-order valence-corrected chi connectivity index (χ3v) is 11.1. The molecule has 0 aliphatic carbocycles. The second-order valence-corrected chi connectivity index (χ2v) is 13.9. The number of fused-ring (bicyclic) bond motifs is 13. The molecule has 0 atom stereocenters. The van der Waals surface area contributed by atoms with E-state index in [0.717, 1.165) is 82.7 Å². The molecular weight excluding hydrogens is 647 g/mol. The third kappa shape index (κ3) is 3.98. The largest absolute Gasteiger partial charge is 0.455 e. The van der Waals surface area contributed by atoms with Crippen molar-refractivity contribution in [2.75, 3.05) is 0 Å². The molecule has 0 bridgehead atoms. The Morgan fingerprint density at radius 3 is 1.94 bits per heavy atom. The summed E-state index contributed by atoms with van der Waals surface area (Å²) in [6.45, 7) is 0. The number of aromatic nitrogens is 3. The van der Waals surface area contributed by atoms with Crippen molar-refractivity contribution in [1.29, 1.82) is 0 Å². The average molecular weight is 676 g/mol. The summed E-state index contributed by atoms with van der Waals surface area (Å²) in [5, 5.41) is 10.5. The molecule has 12 rings (SSSR count). The summed E-state index contributed by atoms with van der Waals surface area (Å²) in [5.41, 5.74) is 10.7. The number of hydrogen-bond acceptors (Lipinski definition) is 2. The Bertz CT molecular complexity index is 3440. The third-order valence-electron chi connectivity index (χ3n) is 11.1. The summed E-state index contributed by atoms with van der Waals surface area (Å²) in [5.74, 6) is 0.888. The highest BCUT2D eigenvalue weighted by Gasteiger charge is 2.23. The Labute approximate surface area is 303 Å². The summed E-state index contributed by atoms with van der Waals surface area (Å²) in [7, 11) is 0. The zero-order valence-corrected chi connectivity index (χ0v) is 28.5. The van der Waals surface area contributed by atoms with Gasteiger partial charge >= 0.3 is 0 Å². The Kier molecular flexibility index (Phi) is 5.74. The van der Waals surface area contributed by atoms with Gasteiger partial charge in [0.05, 0.1) is 33.0 Å². The van der Waals surface area contributed by atoms with Crippen LogP contribution in [0.1, 0.15) is 0 Å². The van der Waals surface area contributed by atoms with Crippen molar-refractivity contribution < 1.29 is 4.42 Å². The van der Waals surface area contributed by atoms with Gasteiger partial charge in [-0.1, -0.05) is 115 Å². The number of benzene rings is 8. The Hall–Kier alpha value is -7.17. The number of hydrogen-bond donors (Lipinski definition) is 0. The monoisotopic (exact) mass is 675 g/mol. The first-order valence-corrected chi connectivity index (χ1v) is 18.1. The van der Waals surface area contributed by atoms with Gasteiger partial charge in [-0.2, -0.15) is 0 Å². The molecule has 246 valence electrons. The van der Waals surface area contributed by atoms with Gasteiger partial charge in [-0.3, -0.25) is 4.57 Å². The highest BCUT2D eigenvalue weighted by Crippen LogP contribution is 2.45. The van der Waals surface area contributed by atoms with Crippen LogP contribution in [-0.2, 0) is 0 Å². The molecule has 0 saturated carbocycles. The maximum absolute atomic E-state index is 6.73. The number of furan rings is 1. The first kappa shape index (κ1) is 28.5. The van der Waals surface area contributed by atoms with Crippen molar-refractivity contribution >= 4 is 87.2 Å². The van der Waals surface area contributed by atoms with Crippen molar-refractivity contribution in [1.82, 2.24) is 14.1 Å². The van der Waals surface area contributed by atoms with Gasteiger partial charge < -0.3 is 8.98 Å². The Morgan fingerprint density at radius 2 is 1.08 bits per heavy atom. The normalized spacial score (nSPS) is 12.2. The van der Waals surface area contributed by atoms with E-state index in [1.165, 1.54) is 27.1 Å². The fourth-order valence-corrected chi connectivity index (χ4v) is 8.80. The van der Waals surface area contributed by atoms with Gasteiger partial charge in [0.15, 0.2) is 0 Å². The van der Waals surface area contributed by atoms with Crippen LogP contribution in [-0.4, -0.2) is 14.1 Å². The molecule has 8 aromatic carbocycles. The first-order valence-electron chi connectivity index (χ1n) is 18.1. The Balaban J connectivity index is 1.29. The van der Waals surface area contributed by atoms with Crippen LogP contribution < -0.4 is 0 Å². The molecule has 0 saturated heterocycles. The minimum absolute atomic E-state index is 0.888. The summed E-state index contributed by atoms with van der Waals surface area (Å²) in [4.78, 5) is 5.39. The first-order chi connectivity index (χ1) is 26.3. The van der Waals surface area contributed by atoms with Crippen LogP contribution in [0.3, 0.4) is 0 Å². The lowest BCUT2D eigenvalue weighted by Gasteiger charge is -2.13. The van der Waals surface area contributed by atoms with Gasteiger partial charge in [0.2, 0.25) is 0 Å². The van der Waals surface area contributed by atoms with E-state index < -0.39 is 0 Å². The van der Waals surface area contributed by atoms with Crippen LogP contribution in [0.15, 0.2) is 180 Å². The summed E-state index contributed by atoms with van der Waals surface area (Å²) in [6, 6.07) is 62.9. The quantitative estimate of drug-likeness (QED) is 0.187. The molecule has 0 spiro atoms. The number of nitrogens with zero attached hydrogens (tertiary/aromatic N) is 3. The van der Waals surface area contributed by atoms with Gasteiger partial charge in [0.1, 0.15) is 17.0 Å². The molecular formula is C49H29N3O. The number of rotatable bonds is 3. The van der Waals surface area contributed by atoms with Crippen LogP contribution in [0.4, 0.5) is 0 Å². The minimum Gasteiger partial charge on any atom is -0.455 e. The lowest BCUT2D eigenvalue weighted by molar-refractivity contribution is 0.673. The second-order valence-electron chi connectivity index (χ2n) is 13.9. The SMILES string of the molecule is c1ccc(-c2cc(-n3c4cc5c(cc4c4c6ccccc6ccc43)c3c4oc6ccccc6c4ccc3n5-c3ccccc3)nc3ccccc23)cc1. The van der Waals surface area contributed by atoms with E-state index in [4.69, 9.17) is 9.40 Å². The van der Waals surface area contributed by atoms with E-state index in [-0.39, 0.29) is 0 Å². The van der Waals surface area contributed by atoms with Crippen molar-refractivity contribution in [2.24, 2.45) is 0 Å². The number of pyridine rings is 1. The van der Waals surface area contributed by atoms with Gasteiger partial charge in [0.25, 0.3) is 0 Å². The average Bonchev–Trinajstić information content (AvgIpc) is 3.87. The summed E-state index contributed by atoms with van der Waals surface area (Å²) in [6.07, 6.45) is 0. The van der Waals surface area contributed by atoms with Crippen molar-refractivity contribution in [3.63, 3.8) is 0 Å².